The number of nitrogens with one attached hydrogen (secondary N) is 18. The average Bonchev–Trinajstić information content (AvgIpc) is 0.845. The van der Waals surface area contributed by atoms with E-state index in [2.05, 4.69) is 85.1 Å². The van der Waals surface area contributed by atoms with Crippen molar-refractivity contribution in [3.05, 3.63) is 35.9 Å². The number of aliphatic carboxylic acids is 4. The van der Waals surface area contributed by atoms with Gasteiger partial charge in [-0.1, -0.05) is 98.6 Å². The fourth-order valence-electron chi connectivity index (χ4n) is 12.1. The van der Waals surface area contributed by atoms with Crippen LogP contribution in [0.2, 0.25) is 0 Å². The molecule has 0 radical (unpaired) electrons. The average molecular weight is 1790 g/mol. The zero-order valence-electron chi connectivity index (χ0n) is 72.1. The second kappa shape index (κ2) is 56.7. The molecule has 49 nitrogen and oxygen atoms in total. The van der Waals surface area contributed by atoms with Gasteiger partial charge in [-0.2, -0.15) is 0 Å². The van der Waals surface area contributed by atoms with E-state index in [1.165, 1.54) is 27.7 Å². The quantitative estimate of drug-likeness (QED) is 0.0164. The number of guanidine groups is 2. The number of hydrogen-bond donors (Lipinski definition) is 29. The number of carboxylic acids is 4. The first kappa shape index (κ1) is 111. The summed E-state index contributed by atoms with van der Waals surface area (Å²) in [5.41, 5.74) is 27.9. The first-order valence-electron chi connectivity index (χ1n) is 40.8. The third-order valence-corrected chi connectivity index (χ3v) is 19.5. The Morgan fingerprint density at radius 3 is 1.12 bits per heavy atom. The molecular weight excluding hydrogens is 1660 g/mol. The van der Waals surface area contributed by atoms with Gasteiger partial charge in [-0.15, -0.1) is 0 Å². The van der Waals surface area contributed by atoms with Crippen molar-refractivity contribution in [2.24, 2.45) is 52.3 Å². The zero-order chi connectivity index (χ0) is 96.1. The van der Waals surface area contributed by atoms with Gasteiger partial charge in [0.15, 0.2) is 18.0 Å². The Labute approximate surface area is 726 Å². The normalized spacial score (nSPS) is 15.4. The SMILES string of the molecule is CC[C@H](C)[C@H](NC(=O)[C@H](CC(=O)O)NC(=O)[C@H](CCC(N)=O)NC(=O)[C@@H](NC(=O)[C@@H](NC(=O)[C@H](Cc1ccccc1)NC(=O)[C@@H](N)CC(=O)O)[C@@H](C)O)[C@@H](C)CC)C(=O)N[C@@H](CCCNC(=N)N)C(=O)N[C@H](C(=O)N[C@@H](CCC(=O)O)C(=O)NCC(=O)N[C@@H](CC(C)C)C(=O)N[C@@H](CCC(N)=O)C(=O)N[C@@H](CCCNC(=N)N)C(=O)N[C@H](C(=O)O)[C@@H](C)O)C(C)C. The largest absolute Gasteiger partial charge is 0.481 e. The summed E-state index contributed by atoms with van der Waals surface area (Å²) >= 11 is 0. The first-order chi connectivity index (χ1) is 58.8. The summed E-state index contributed by atoms with van der Waals surface area (Å²) in [6.45, 7) is 13.4. The highest BCUT2D eigenvalue weighted by atomic mass is 16.4. The van der Waals surface area contributed by atoms with Crippen LogP contribution in [0.3, 0.4) is 0 Å². The molecule has 126 heavy (non-hydrogen) atoms. The van der Waals surface area contributed by atoms with Gasteiger partial charge in [0.25, 0.3) is 0 Å². The Balaban J connectivity index is 3.70. The van der Waals surface area contributed by atoms with Crippen LogP contribution >= 0.6 is 0 Å². The number of carbonyl (C=O) groups excluding carboxylic acids is 16. The van der Waals surface area contributed by atoms with Crippen LogP contribution in [0.1, 0.15) is 171 Å². The molecule has 1 rings (SSSR count). The van der Waals surface area contributed by atoms with Gasteiger partial charge in [-0.25, -0.2) is 4.79 Å². The van der Waals surface area contributed by atoms with Crippen molar-refractivity contribution in [3.8, 4) is 0 Å². The summed E-state index contributed by atoms with van der Waals surface area (Å²) in [5.74, 6) is -28.1. The van der Waals surface area contributed by atoms with E-state index in [-0.39, 0.29) is 64.5 Å². The maximum Gasteiger partial charge on any atom is 0.328 e. The van der Waals surface area contributed by atoms with E-state index in [4.69, 9.17) is 39.5 Å². The molecule has 0 spiro atoms. The van der Waals surface area contributed by atoms with E-state index in [1.54, 1.807) is 58.0 Å². The van der Waals surface area contributed by atoms with Crippen LogP contribution in [0.4, 0.5) is 0 Å². The summed E-state index contributed by atoms with van der Waals surface area (Å²) in [6.07, 6.45) is -9.87. The number of carbonyl (C=O) groups is 20. The van der Waals surface area contributed by atoms with Crippen LogP contribution < -0.4 is 114 Å². The Bertz CT molecular complexity index is 3950. The molecule has 16 amide bonds. The van der Waals surface area contributed by atoms with Crippen LogP contribution in [0.25, 0.3) is 0 Å². The molecule has 0 aliphatic carbocycles. The third kappa shape index (κ3) is 42.9. The van der Waals surface area contributed by atoms with E-state index in [0.29, 0.717) is 5.56 Å². The lowest BCUT2D eigenvalue weighted by Gasteiger charge is -2.31. The monoisotopic (exact) mass is 1790 g/mol. The summed E-state index contributed by atoms with van der Waals surface area (Å²) in [4.78, 5) is 269. The van der Waals surface area contributed by atoms with E-state index in [9.17, 15) is 127 Å². The number of amides is 16. The van der Waals surface area contributed by atoms with E-state index in [1.807, 2.05) is 0 Å². The number of hydrogen-bond acceptors (Lipinski definition) is 25. The first-order valence-corrected chi connectivity index (χ1v) is 40.8. The molecule has 706 valence electrons. The topological polar surface area (TPSA) is 833 Å². The Hall–Kier alpha value is -13.0. The number of carboxylic acid groups (broad SMARTS) is 4. The van der Waals surface area contributed by atoms with Crippen molar-refractivity contribution in [1.82, 2.24) is 85.1 Å². The van der Waals surface area contributed by atoms with Gasteiger partial charge < -0.3 is 144 Å². The number of primary amides is 2. The van der Waals surface area contributed by atoms with Crippen molar-refractivity contribution >= 4 is 130 Å². The second-order valence-electron chi connectivity index (χ2n) is 31.1. The highest BCUT2D eigenvalue weighted by molar-refractivity contribution is 6.01. The van der Waals surface area contributed by atoms with E-state index >= 15 is 0 Å². The Morgan fingerprint density at radius 2 is 0.714 bits per heavy atom. The number of nitrogens with two attached hydrogens (primary N) is 5. The molecule has 1 aromatic rings. The van der Waals surface area contributed by atoms with Crippen LogP contribution in [0.15, 0.2) is 30.3 Å². The Morgan fingerprint density at radius 1 is 0.365 bits per heavy atom. The van der Waals surface area contributed by atoms with Crippen molar-refractivity contribution < 1.29 is 127 Å². The van der Waals surface area contributed by atoms with Gasteiger partial charge in [0.05, 0.1) is 37.6 Å². The van der Waals surface area contributed by atoms with Gasteiger partial charge in [0, 0.05) is 38.8 Å². The summed E-state index contributed by atoms with van der Waals surface area (Å²) < 4.78 is 0. The molecule has 0 aliphatic heterocycles. The van der Waals surface area contributed by atoms with Gasteiger partial charge in [0.1, 0.15) is 72.5 Å². The van der Waals surface area contributed by atoms with Crippen LogP contribution in [-0.4, -0.2) is 277 Å². The number of benzene rings is 1. The Kier molecular flexibility index (Phi) is 50.0. The second-order valence-corrected chi connectivity index (χ2v) is 31.1. The molecule has 0 aliphatic rings. The smallest absolute Gasteiger partial charge is 0.328 e. The highest BCUT2D eigenvalue weighted by Crippen LogP contribution is 2.17. The molecule has 1 aromatic carbocycles. The summed E-state index contributed by atoms with van der Waals surface area (Å²) in [5, 5.41) is 113. The molecule has 18 atom stereocenters. The highest BCUT2D eigenvalue weighted by Gasteiger charge is 2.41. The standard InChI is InChI=1S/C77H127N23O26/c1-11-37(7)58(97-70(120)50(33-56(110)111)95-65(115)47(23-26-52(80)104)93-73(123)59(38(8)12-2)98-74(124)60(39(9)101)99-69(119)49(31-41-18-14-13-15-19-41)94-62(112)42(78)32-55(108)109)72(122)91-44(21-17-29-86-77(83)84)66(116)96-57(36(5)6)71(121)92-45(24-27-54(106)107)63(113)87-34-53(105)88-48(30-35(3)4)68(118)90-46(22-25-51(79)103)64(114)89-43(20-16-28-85-76(81)82)67(117)100-61(40(10)102)75(125)126/h13-15,18-19,35-40,42-50,57-61,101-102H,11-12,16-17,20-34,78H2,1-10H3,(H2,79,103)(H2,80,104)(H,87,113)(H,88,105)(H,89,114)(H,90,118)(H,91,122)(H,92,121)(H,93,123)(H,94,112)(H,95,115)(H,96,116)(H,97,120)(H,98,124)(H,99,119)(H,100,117)(H,106,107)(H,108,109)(H,110,111)(H,125,126)(H4,81,82,85)(H4,83,84,86)/t37-,38-,39+,40+,42-,43-,44-,45-,46-,47-,48-,49-,50-,57-,58-,59-,60-,61-/m0/s1. The van der Waals surface area contributed by atoms with Gasteiger partial charge in [-0.3, -0.25) is 102 Å². The van der Waals surface area contributed by atoms with Crippen LogP contribution in [-0.2, 0) is 102 Å². The van der Waals surface area contributed by atoms with Crippen molar-refractivity contribution in [2.45, 2.75) is 269 Å². The zero-order valence-corrected chi connectivity index (χ0v) is 72.1. The molecule has 0 saturated carbocycles. The summed E-state index contributed by atoms with van der Waals surface area (Å²) in [7, 11) is 0. The van der Waals surface area contributed by atoms with Gasteiger partial charge in [0.2, 0.25) is 94.5 Å². The molecule has 0 bridgehead atoms. The van der Waals surface area contributed by atoms with Gasteiger partial charge in [-0.05, 0) is 94.4 Å². The maximum absolute atomic E-state index is 14.7. The lowest BCUT2D eigenvalue weighted by molar-refractivity contribution is -0.145. The van der Waals surface area contributed by atoms with Crippen LogP contribution in [0.5, 0.6) is 0 Å². The predicted octanol–water partition coefficient (Wildman–Crippen LogP) is -8.51. The van der Waals surface area contributed by atoms with Crippen LogP contribution in [0, 0.1) is 34.5 Å². The lowest BCUT2D eigenvalue weighted by Crippen LogP contribution is -2.63. The minimum absolute atomic E-state index is 0.0112. The summed E-state index contributed by atoms with van der Waals surface area (Å²) in [6, 6.07) is -16.0. The lowest BCUT2D eigenvalue weighted by atomic mass is 9.96. The predicted molar refractivity (Wildman–Crippen MR) is 447 cm³/mol. The molecule has 0 unspecified atom stereocenters. The van der Waals surface area contributed by atoms with Gasteiger partial charge >= 0.3 is 23.9 Å². The number of aliphatic hydroxyl groups excluding tert-OH is 2. The minimum atomic E-state index is -2.12. The fraction of sp³-hybridized carbons (Fsp3) is 0.636. The fourth-order valence-corrected chi connectivity index (χ4v) is 12.1. The molecule has 0 heterocycles. The molecular formula is C77H127N23O26. The van der Waals surface area contributed by atoms with Crippen molar-refractivity contribution in [1.29, 1.82) is 10.8 Å². The minimum Gasteiger partial charge on any atom is -0.481 e. The van der Waals surface area contributed by atoms with Crippen molar-refractivity contribution in [3.63, 3.8) is 0 Å². The van der Waals surface area contributed by atoms with E-state index < -0.39 is 309 Å². The molecule has 0 saturated heterocycles. The molecule has 0 fully saturated rings. The maximum atomic E-state index is 14.7. The molecule has 49 heteroatoms. The molecule has 0 aromatic heterocycles. The third-order valence-electron chi connectivity index (χ3n) is 19.5. The van der Waals surface area contributed by atoms with E-state index in [0.717, 1.165) is 13.8 Å². The number of aliphatic hydroxyl groups is 2. The van der Waals surface area contributed by atoms with Crippen molar-refractivity contribution in [2.75, 3.05) is 19.6 Å². The molecule has 34 N–H and O–H groups in total. The number of rotatable bonds is 61.